The van der Waals surface area contributed by atoms with Crippen LogP contribution in [0.1, 0.15) is 23.0 Å². The Bertz CT molecular complexity index is 864. The van der Waals surface area contributed by atoms with E-state index in [-0.39, 0.29) is 10.0 Å². The molecule has 0 aromatic heterocycles. The Morgan fingerprint density at radius 1 is 0.600 bits per heavy atom. The molecule has 0 saturated carbocycles. The molecule has 0 aliphatic rings. The molecule has 13 heteroatoms. The van der Waals surface area contributed by atoms with Crippen LogP contribution in [0.15, 0.2) is 24.3 Å². The molecule has 164 valence electrons. The molecule has 1 nitrogen and oxygen atoms in total. The van der Waals surface area contributed by atoms with Crippen LogP contribution in [0.25, 0.3) is 0 Å². The zero-order valence-corrected chi connectivity index (χ0v) is 18.4. The molecule has 0 heterocycles. The van der Waals surface area contributed by atoms with E-state index in [9.17, 15) is 31.1 Å². The molecule has 0 saturated heterocycles. The summed E-state index contributed by atoms with van der Waals surface area (Å²) in [6.07, 6.45) is -10.8. The smallest absolute Gasteiger partial charge is 0.298 e. The first-order valence-corrected chi connectivity index (χ1v) is 9.78. The molecule has 2 atom stereocenters. The summed E-state index contributed by atoms with van der Waals surface area (Å²) in [5.74, 6) is -8.67. The maximum absolute atomic E-state index is 13.7. The van der Waals surface area contributed by atoms with Crippen LogP contribution in [0.5, 0.6) is 0 Å². The second-order valence-electron chi connectivity index (χ2n) is 5.95. The number of Topliss-reactive ketones (excluding diaryl/α,β-unsaturated/α-hetero) is 1. The Morgan fingerprint density at radius 3 is 1.03 bits per heavy atom. The van der Waals surface area contributed by atoms with E-state index >= 15 is 0 Å². The van der Waals surface area contributed by atoms with Gasteiger partial charge in [-0.15, -0.1) is 0 Å². The zero-order valence-electron chi connectivity index (χ0n) is 13.9. The van der Waals surface area contributed by atoms with E-state index in [4.69, 9.17) is 69.6 Å². The summed E-state index contributed by atoms with van der Waals surface area (Å²) in [5, 5.41) is -2.52. The van der Waals surface area contributed by atoms with E-state index in [0.717, 1.165) is 0 Å². The van der Waals surface area contributed by atoms with Crippen LogP contribution in [0.3, 0.4) is 0 Å². The van der Waals surface area contributed by atoms with Crippen LogP contribution in [0.4, 0.5) is 26.3 Å². The third-order valence-electron chi connectivity index (χ3n) is 3.90. The number of rotatable bonds is 4. The van der Waals surface area contributed by atoms with E-state index in [1.165, 1.54) is 0 Å². The maximum Gasteiger partial charge on any atom is 0.402 e. The van der Waals surface area contributed by atoms with Crippen LogP contribution in [-0.4, -0.2) is 18.1 Å². The molecule has 0 N–H and O–H groups in total. The lowest BCUT2D eigenvalue weighted by Gasteiger charge is -2.27. The number of ketones is 1. The lowest BCUT2D eigenvalue weighted by Crippen LogP contribution is -2.38. The lowest BCUT2D eigenvalue weighted by molar-refractivity contribution is -0.183. The molecule has 0 aliphatic heterocycles. The fourth-order valence-electron chi connectivity index (χ4n) is 2.68. The quantitative estimate of drug-likeness (QED) is 0.273. The van der Waals surface area contributed by atoms with Crippen molar-refractivity contribution in [2.24, 2.45) is 0 Å². The first kappa shape index (κ1) is 25.7. The molecule has 0 bridgehead atoms. The topological polar surface area (TPSA) is 17.1 Å². The van der Waals surface area contributed by atoms with Crippen molar-refractivity contribution in [1.29, 1.82) is 0 Å². The van der Waals surface area contributed by atoms with Crippen molar-refractivity contribution in [2.45, 2.75) is 24.2 Å². The molecule has 30 heavy (non-hydrogen) atoms. The van der Waals surface area contributed by atoms with Gasteiger partial charge in [0.2, 0.25) is 0 Å². The number of carbonyl (C=O) groups excluding carboxylic acids is 1. The van der Waals surface area contributed by atoms with Crippen molar-refractivity contribution < 1.29 is 31.1 Å². The average Bonchev–Trinajstić information content (AvgIpc) is 2.55. The minimum absolute atomic E-state index is 0.320. The SMILES string of the molecule is O=C(C(c1cc(Cl)c(Cl)c(Cl)c1)C(F)(F)F)C(c1cc(Cl)c(Cl)c(Cl)c1)C(F)(F)F. The van der Waals surface area contributed by atoms with Gasteiger partial charge in [0.05, 0.1) is 30.1 Å². The highest BCUT2D eigenvalue weighted by Crippen LogP contribution is 2.47. The molecular formula is C17H6Cl6F6O. The van der Waals surface area contributed by atoms with Gasteiger partial charge in [-0.05, 0) is 35.4 Å². The van der Waals surface area contributed by atoms with Crippen molar-refractivity contribution in [3.63, 3.8) is 0 Å². The summed E-state index contributed by atoms with van der Waals surface area (Å²) in [6.45, 7) is 0. The number of halogens is 12. The fraction of sp³-hybridized carbons (Fsp3) is 0.235. The number of carbonyl (C=O) groups is 1. The van der Waals surface area contributed by atoms with Gasteiger partial charge < -0.3 is 0 Å². The first-order valence-electron chi connectivity index (χ1n) is 7.51. The van der Waals surface area contributed by atoms with Crippen molar-refractivity contribution in [3.8, 4) is 0 Å². The minimum Gasteiger partial charge on any atom is -0.298 e. The standard InChI is InChI=1S/C17H6Cl6F6O/c18-7-1-5(2-8(19)13(7)22)11(16(24,25)26)15(30)12(17(27,28)29)6-3-9(20)14(23)10(21)4-6/h1-4,11-12H. The average molecular weight is 553 g/mol. The summed E-state index contributed by atoms with van der Waals surface area (Å²) in [7, 11) is 0. The van der Waals surface area contributed by atoms with Gasteiger partial charge in [-0.1, -0.05) is 69.6 Å². The Morgan fingerprint density at radius 2 is 0.833 bits per heavy atom. The number of hydrogen-bond donors (Lipinski definition) is 0. The monoisotopic (exact) mass is 550 g/mol. The molecule has 0 aliphatic carbocycles. The van der Waals surface area contributed by atoms with E-state index < -0.39 is 61.2 Å². The number of alkyl halides is 6. The second kappa shape index (κ2) is 9.12. The molecule has 0 fully saturated rings. The highest BCUT2D eigenvalue weighted by Gasteiger charge is 2.55. The predicted octanol–water partition coefficient (Wildman–Crippen LogP) is 9.17. The number of benzene rings is 2. The third-order valence-corrected chi connectivity index (χ3v) is 6.30. The lowest BCUT2D eigenvalue weighted by atomic mass is 9.82. The van der Waals surface area contributed by atoms with E-state index in [1.54, 1.807) is 0 Å². The van der Waals surface area contributed by atoms with Gasteiger partial charge in [-0.25, -0.2) is 0 Å². The van der Waals surface area contributed by atoms with Crippen LogP contribution >= 0.6 is 69.6 Å². The summed E-state index contributed by atoms with van der Waals surface area (Å²) >= 11 is 34.1. The van der Waals surface area contributed by atoms with E-state index in [0.29, 0.717) is 24.3 Å². The van der Waals surface area contributed by atoms with Crippen molar-refractivity contribution in [1.82, 2.24) is 0 Å². The number of hydrogen-bond acceptors (Lipinski definition) is 1. The fourth-order valence-corrected chi connectivity index (χ4v) is 3.91. The molecule has 2 aromatic rings. The Balaban J connectivity index is 2.72. The van der Waals surface area contributed by atoms with Gasteiger partial charge in [0.15, 0.2) is 5.78 Å². The molecule has 0 spiro atoms. The van der Waals surface area contributed by atoms with E-state index in [2.05, 4.69) is 0 Å². The predicted molar refractivity (Wildman–Crippen MR) is 106 cm³/mol. The highest BCUT2D eigenvalue weighted by atomic mass is 35.5. The summed E-state index contributed by atoms with van der Waals surface area (Å²) in [6, 6.07) is 2.50. The summed E-state index contributed by atoms with van der Waals surface area (Å²) in [4.78, 5) is 12.7. The van der Waals surface area contributed by atoms with Gasteiger partial charge in [0, 0.05) is 0 Å². The van der Waals surface area contributed by atoms with Gasteiger partial charge in [0.25, 0.3) is 0 Å². The van der Waals surface area contributed by atoms with Crippen LogP contribution in [-0.2, 0) is 4.79 Å². The maximum atomic E-state index is 13.7. The Labute approximate surface area is 195 Å². The molecule has 2 unspecified atom stereocenters. The normalized spacial score (nSPS) is 14.5. The largest absolute Gasteiger partial charge is 0.402 e. The van der Waals surface area contributed by atoms with Crippen molar-refractivity contribution >= 4 is 75.4 Å². The molecule has 0 radical (unpaired) electrons. The van der Waals surface area contributed by atoms with Crippen molar-refractivity contribution in [3.05, 3.63) is 65.5 Å². The Hall–Kier alpha value is -0.570. The van der Waals surface area contributed by atoms with Gasteiger partial charge in [-0.2, -0.15) is 26.3 Å². The Kier molecular flexibility index (Phi) is 7.81. The highest BCUT2D eigenvalue weighted by molar-refractivity contribution is 6.48. The summed E-state index contributed by atoms with van der Waals surface area (Å²) in [5.41, 5.74) is -1.82. The van der Waals surface area contributed by atoms with Crippen LogP contribution in [0, 0.1) is 0 Å². The summed E-state index contributed by atoms with van der Waals surface area (Å²) < 4.78 is 82.4. The van der Waals surface area contributed by atoms with Gasteiger partial charge in [-0.3, -0.25) is 4.79 Å². The third kappa shape index (κ3) is 5.43. The second-order valence-corrected chi connectivity index (χ2v) is 8.33. The van der Waals surface area contributed by atoms with E-state index in [1.807, 2.05) is 0 Å². The molecule has 2 rings (SSSR count). The van der Waals surface area contributed by atoms with Gasteiger partial charge in [0.1, 0.15) is 11.8 Å². The molecular weight excluding hydrogens is 547 g/mol. The van der Waals surface area contributed by atoms with Crippen LogP contribution < -0.4 is 0 Å². The molecule has 0 amide bonds. The zero-order chi connectivity index (χ0) is 23.2. The molecule has 2 aromatic carbocycles. The van der Waals surface area contributed by atoms with Crippen molar-refractivity contribution in [2.75, 3.05) is 0 Å². The van der Waals surface area contributed by atoms with Crippen LogP contribution in [0.2, 0.25) is 30.1 Å². The minimum atomic E-state index is -5.42. The first-order chi connectivity index (χ1) is 13.6. The van der Waals surface area contributed by atoms with Gasteiger partial charge >= 0.3 is 12.4 Å².